The maximum Gasteiger partial charge on any atom is 0.220 e. The summed E-state index contributed by atoms with van der Waals surface area (Å²) in [6, 6.07) is 3.41. The molecule has 11 heteroatoms. The predicted molar refractivity (Wildman–Crippen MR) is 122 cm³/mol. The van der Waals surface area contributed by atoms with Gasteiger partial charge in [-0.1, -0.05) is 0 Å². The van der Waals surface area contributed by atoms with E-state index in [0.717, 1.165) is 0 Å². The number of aliphatic hydroxyl groups excluding tert-OH is 1. The molecule has 1 aromatic rings. The van der Waals surface area contributed by atoms with Crippen molar-refractivity contribution < 1.29 is 33.7 Å². The molecule has 0 radical (unpaired) electrons. The summed E-state index contributed by atoms with van der Waals surface area (Å²) in [6.45, 7) is 0.751. The molecule has 1 unspecified atom stereocenters. The number of carbonyl (C=O) groups excluding carboxylic acids is 3. The number of amides is 3. The van der Waals surface area contributed by atoms with Gasteiger partial charge in [0.2, 0.25) is 17.7 Å². The first-order chi connectivity index (χ1) is 15.8. The van der Waals surface area contributed by atoms with Crippen LogP contribution in [0.2, 0.25) is 0 Å². The molecule has 0 saturated carbocycles. The Morgan fingerprint density at radius 2 is 1.58 bits per heavy atom. The summed E-state index contributed by atoms with van der Waals surface area (Å²) in [5, 5.41) is 14.7. The second-order valence-corrected chi connectivity index (χ2v) is 7.40. The van der Waals surface area contributed by atoms with Gasteiger partial charge in [0, 0.05) is 44.5 Å². The first-order valence-corrected chi connectivity index (χ1v) is 10.9. The van der Waals surface area contributed by atoms with Crippen molar-refractivity contribution in [1.82, 2.24) is 10.6 Å². The Balaban J connectivity index is 2.53. The van der Waals surface area contributed by atoms with Crippen LogP contribution in [-0.4, -0.2) is 62.8 Å². The zero-order chi connectivity index (χ0) is 24.6. The van der Waals surface area contributed by atoms with E-state index < -0.39 is 6.10 Å². The predicted octanol–water partition coefficient (Wildman–Crippen LogP) is -0.0395. The van der Waals surface area contributed by atoms with E-state index in [9.17, 15) is 19.5 Å². The molecule has 11 nitrogen and oxygen atoms in total. The molecule has 0 fully saturated rings. The van der Waals surface area contributed by atoms with E-state index in [4.69, 9.17) is 25.7 Å². The Bertz CT molecular complexity index is 748. The molecule has 1 atom stereocenters. The Morgan fingerprint density at radius 3 is 2.12 bits per heavy atom. The van der Waals surface area contributed by atoms with Gasteiger partial charge in [-0.15, -0.1) is 0 Å². The molecular weight excluding hydrogens is 432 g/mol. The number of ether oxygens (including phenoxy) is 3. The van der Waals surface area contributed by atoms with Crippen LogP contribution in [0.5, 0.6) is 17.2 Å². The lowest BCUT2D eigenvalue weighted by Gasteiger charge is -2.16. The second-order valence-electron chi connectivity index (χ2n) is 7.40. The van der Waals surface area contributed by atoms with Crippen LogP contribution in [0, 0.1) is 0 Å². The summed E-state index contributed by atoms with van der Waals surface area (Å²) in [6.07, 6.45) is 1.57. The first kappa shape index (κ1) is 28.0. The topological polar surface area (TPSA) is 175 Å². The molecule has 0 aliphatic carbocycles. The summed E-state index contributed by atoms with van der Waals surface area (Å²) in [4.78, 5) is 34.7. The lowest BCUT2D eigenvalue weighted by Crippen LogP contribution is -2.36. The van der Waals surface area contributed by atoms with E-state index in [2.05, 4.69) is 10.6 Å². The number of rotatable bonds is 17. The minimum atomic E-state index is -0.777. The number of carbonyl (C=O) groups is 3. The van der Waals surface area contributed by atoms with Gasteiger partial charge < -0.3 is 41.4 Å². The molecule has 1 rings (SSSR count). The molecule has 7 N–H and O–H groups in total. The normalized spacial score (nSPS) is 11.4. The van der Waals surface area contributed by atoms with Crippen molar-refractivity contribution >= 4 is 17.7 Å². The average Bonchev–Trinajstić information content (AvgIpc) is 2.80. The molecule has 0 spiro atoms. The van der Waals surface area contributed by atoms with Gasteiger partial charge >= 0.3 is 0 Å². The number of hydrogen-bond acceptors (Lipinski definition) is 8. The molecular formula is C22H36N4O7. The Morgan fingerprint density at radius 1 is 0.970 bits per heavy atom. The third kappa shape index (κ3) is 11.4. The third-order valence-corrected chi connectivity index (χ3v) is 4.74. The van der Waals surface area contributed by atoms with Gasteiger partial charge in [-0.3, -0.25) is 14.4 Å². The number of nitrogens with two attached hydrogens (primary N) is 2. The van der Waals surface area contributed by atoms with Gasteiger partial charge in [-0.25, -0.2) is 0 Å². The Hall–Kier alpha value is -3.05. The lowest BCUT2D eigenvalue weighted by atomic mass is 10.1. The van der Waals surface area contributed by atoms with E-state index in [-0.39, 0.29) is 50.2 Å². The van der Waals surface area contributed by atoms with E-state index in [1.165, 1.54) is 14.2 Å². The maximum atomic E-state index is 12.2. The Kier molecular flexibility index (Phi) is 13.3. The van der Waals surface area contributed by atoms with Crippen LogP contribution in [0.3, 0.4) is 0 Å². The number of unbranched alkanes of at least 4 members (excludes halogenated alkanes) is 1. The van der Waals surface area contributed by atoms with Gasteiger partial charge in [-0.2, -0.15) is 0 Å². The summed E-state index contributed by atoms with van der Waals surface area (Å²) in [5.74, 6) is 0.741. The monoisotopic (exact) mass is 468 g/mol. The van der Waals surface area contributed by atoms with E-state index in [0.29, 0.717) is 55.1 Å². The van der Waals surface area contributed by atoms with Crippen LogP contribution < -0.4 is 36.3 Å². The quantitative estimate of drug-likeness (QED) is 0.198. The number of primary amides is 1. The number of benzene rings is 1. The van der Waals surface area contributed by atoms with E-state index in [1.807, 2.05) is 0 Å². The highest BCUT2D eigenvalue weighted by Crippen LogP contribution is 2.34. The van der Waals surface area contributed by atoms with Gasteiger partial charge in [0.1, 0.15) is 17.2 Å². The zero-order valence-corrected chi connectivity index (χ0v) is 19.4. The van der Waals surface area contributed by atoms with E-state index in [1.54, 1.807) is 12.1 Å². The third-order valence-electron chi connectivity index (χ3n) is 4.74. The van der Waals surface area contributed by atoms with E-state index >= 15 is 0 Å². The second kappa shape index (κ2) is 15.7. The minimum Gasteiger partial charge on any atom is -0.496 e. The average molecular weight is 469 g/mol. The highest BCUT2D eigenvalue weighted by molar-refractivity contribution is 5.79. The fraction of sp³-hybridized carbons (Fsp3) is 0.591. The van der Waals surface area contributed by atoms with Gasteiger partial charge in [0.15, 0.2) is 0 Å². The van der Waals surface area contributed by atoms with Crippen molar-refractivity contribution in [1.29, 1.82) is 0 Å². The largest absolute Gasteiger partial charge is 0.496 e. The number of nitrogens with one attached hydrogen (secondary N) is 2. The van der Waals surface area contributed by atoms with Crippen LogP contribution in [0.15, 0.2) is 12.1 Å². The van der Waals surface area contributed by atoms with Crippen molar-refractivity contribution in [3.63, 3.8) is 0 Å². The van der Waals surface area contributed by atoms with Crippen LogP contribution in [0.1, 0.15) is 44.1 Å². The van der Waals surface area contributed by atoms with Crippen LogP contribution >= 0.6 is 0 Å². The smallest absolute Gasteiger partial charge is 0.220 e. The van der Waals surface area contributed by atoms with Crippen molar-refractivity contribution in [3.8, 4) is 17.2 Å². The van der Waals surface area contributed by atoms with Gasteiger partial charge in [-0.05, 0) is 19.3 Å². The highest BCUT2D eigenvalue weighted by Gasteiger charge is 2.15. The summed E-state index contributed by atoms with van der Waals surface area (Å²) < 4.78 is 16.6. The SMILES string of the molecule is COc1cc(OCCCCC(N)=O)cc(OC)c1CNC(=O)CCCC(=O)NCC(O)CN. The van der Waals surface area contributed by atoms with Gasteiger partial charge in [0.05, 0.1) is 39.0 Å². The fourth-order valence-electron chi connectivity index (χ4n) is 2.90. The fourth-order valence-corrected chi connectivity index (χ4v) is 2.90. The summed E-state index contributed by atoms with van der Waals surface area (Å²) >= 11 is 0. The van der Waals surface area contributed by atoms with Crippen LogP contribution in [0.4, 0.5) is 0 Å². The number of aliphatic hydroxyl groups is 1. The van der Waals surface area contributed by atoms with Crippen molar-refractivity contribution in [2.45, 2.75) is 51.2 Å². The molecule has 0 aliphatic heterocycles. The molecule has 0 aromatic heterocycles. The molecule has 3 amide bonds. The summed E-state index contributed by atoms with van der Waals surface area (Å²) in [5.41, 5.74) is 11.1. The highest BCUT2D eigenvalue weighted by atomic mass is 16.5. The Labute approximate surface area is 194 Å². The minimum absolute atomic E-state index is 0.0691. The maximum absolute atomic E-state index is 12.2. The number of hydrogen-bond donors (Lipinski definition) is 5. The van der Waals surface area contributed by atoms with Crippen LogP contribution in [0.25, 0.3) is 0 Å². The molecule has 0 aliphatic rings. The standard InChI is InChI=1S/C22H36N4O7/c1-31-18-10-16(33-9-4-3-6-20(24)28)11-19(32-2)17(18)14-26-22(30)8-5-7-21(29)25-13-15(27)12-23/h10-11,15,27H,3-9,12-14,23H2,1-2H3,(H2,24,28)(H,25,29)(H,26,30). The van der Waals surface area contributed by atoms with Crippen molar-refractivity contribution in [3.05, 3.63) is 17.7 Å². The molecule has 0 bridgehead atoms. The molecule has 0 saturated heterocycles. The first-order valence-electron chi connectivity index (χ1n) is 10.9. The molecule has 1 aromatic carbocycles. The molecule has 0 heterocycles. The number of methoxy groups -OCH3 is 2. The van der Waals surface area contributed by atoms with Crippen molar-refractivity contribution in [2.75, 3.05) is 33.9 Å². The zero-order valence-electron chi connectivity index (χ0n) is 19.4. The van der Waals surface area contributed by atoms with Gasteiger partial charge in [0.25, 0.3) is 0 Å². The molecule has 33 heavy (non-hydrogen) atoms. The molecule has 186 valence electrons. The summed E-state index contributed by atoms with van der Waals surface area (Å²) in [7, 11) is 3.02. The lowest BCUT2D eigenvalue weighted by molar-refractivity contribution is -0.123. The van der Waals surface area contributed by atoms with Crippen molar-refractivity contribution in [2.24, 2.45) is 11.5 Å². The van der Waals surface area contributed by atoms with Crippen LogP contribution in [-0.2, 0) is 20.9 Å².